The largest absolute Gasteiger partial charge is 0.497 e. The van der Waals surface area contributed by atoms with E-state index in [1.807, 2.05) is 18.2 Å². The summed E-state index contributed by atoms with van der Waals surface area (Å²) in [5, 5.41) is 5.35. The van der Waals surface area contributed by atoms with Crippen molar-refractivity contribution in [2.75, 3.05) is 19.5 Å². The molecule has 7 heteroatoms. The number of nitrogens with one attached hydrogen (secondary N) is 2. The molecule has 0 fully saturated rings. The second-order valence-corrected chi connectivity index (χ2v) is 6.63. The highest BCUT2D eigenvalue weighted by Crippen LogP contribution is 2.23. The Morgan fingerprint density at radius 3 is 2.44 bits per heavy atom. The third-order valence-corrected chi connectivity index (χ3v) is 4.49. The molecule has 3 aromatic carbocycles. The Hall–Kier alpha value is -4.31. The Morgan fingerprint density at radius 1 is 0.969 bits per heavy atom. The van der Waals surface area contributed by atoms with Crippen LogP contribution in [0.25, 0.3) is 0 Å². The number of benzene rings is 3. The summed E-state index contributed by atoms with van der Waals surface area (Å²) in [5.74, 6) is 4.39. The van der Waals surface area contributed by atoms with Gasteiger partial charge >= 0.3 is 5.91 Å². The van der Waals surface area contributed by atoms with E-state index in [0.717, 1.165) is 11.6 Å². The molecule has 3 rings (SSSR count). The van der Waals surface area contributed by atoms with Gasteiger partial charge < -0.3 is 20.1 Å². The molecule has 0 atom stereocenters. The minimum Gasteiger partial charge on any atom is -0.497 e. The molecule has 0 radical (unpaired) electrons. The molecule has 0 aromatic heterocycles. The smallest absolute Gasteiger partial charge is 0.300 e. The monoisotopic (exact) mass is 432 g/mol. The van der Waals surface area contributed by atoms with E-state index in [1.165, 1.54) is 26.4 Å². The topological polar surface area (TPSA) is 76.7 Å². The average Bonchev–Trinajstić information content (AvgIpc) is 2.82. The van der Waals surface area contributed by atoms with Gasteiger partial charge in [-0.25, -0.2) is 4.39 Å². The molecule has 0 aliphatic rings. The highest BCUT2D eigenvalue weighted by molar-refractivity contribution is 6.04. The lowest BCUT2D eigenvalue weighted by Gasteiger charge is -2.12. The van der Waals surface area contributed by atoms with Gasteiger partial charge in [0, 0.05) is 35.3 Å². The van der Waals surface area contributed by atoms with Crippen LogP contribution in [0.5, 0.6) is 11.5 Å². The third-order valence-electron chi connectivity index (χ3n) is 4.49. The lowest BCUT2D eigenvalue weighted by molar-refractivity contribution is -0.111. The van der Waals surface area contributed by atoms with Crippen molar-refractivity contribution in [3.63, 3.8) is 0 Å². The van der Waals surface area contributed by atoms with Crippen LogP contribution in [0.3, 0.4) is 0 Å². The molecule has 162 valence electrons. The van der Waals surface area contributed by atoms with E-state index in [0.29, 0.717) is 22.7 Å². The number of methoxy groups -OCH3 is 2. The molecule has 0 aliphatic carbocycles. The van der Waals surface area contributed by atoms with Gasteiger partial charge in [-0.15, -0.1) is 0 Å². The molecule has 2 N–H and O–H groups in total. The fourth-order valence-corrected chi connectivity index (χ4v) is 2.88. The quantitative estimate of drug-likeness (QED) is 0.582. The van der Waals surface area contributed by atoms with Crippen molar-refractivity contribution >= 4 is 17.5 Å². The van der Waals surface area contributed by atoms with Gasteiger partial charge in [0.2, 0.25) is 0 Å². The summed E-state index contributed by atoms with van der Waals surface area (Å²) in [5.41, 5.74) is 1.71. The lowest BCUT2D eigenvalue weighted by atomic mass is 10.1. The van der Waals surface area contributed by atoms with Crippen LogP contribution in [0.15, 0.2) is 66.7 Å². The van der Waals surface area contributed by atoms with Crippen LogP contribution < -0.4 is 20.1 Å². The van der Waals surface area contributed by atoms with Crippen LogP contribution in [-0.4, -0.2) is 26.0 Å². The minimum absolute atomic E-state index is 0.0624. The van der Waals surface area contributed by atoms with E-state index in [2.05, 4.69) is 22.5 Å². The van der Waals surface area contributed by atoms with Gasteiger partial charge in [-0.1, -0.05) is 24.1 Å². The second kappa shape index (κ2) is 10.6. The van der Waals surface area contributed by atoms with E-state index in [9.17, 15) is 14.0 Å². The number of hydrogen-bond acceptors (Lipinski definition) is 4. The fourth-order valence-electron chi connectivity index (χ4n) is 2.88. The van der Waals surface area contributed by atoms with Crippen LogP contribution in [0.2, 0.25) is 0 Å². The molecular formula is C25H21FN2O4. The first-order valence-corrected chi connectivity index (χ1v) is 9.67. The Morgan fingerprint density at radius 2 is 1.75 bits per heavy atom. The molecule has 6 nitrogen and oxygen atoms in total. The summed E-state index contributed by atoms with van der Waals surface area (Å²) in [6, 6.07) is 18.1. The Labute approximate surface area is 185 Å². The minimum atomic E-state index is -0.688. The number of hydrogen-bond donors (Lipinski definition) is 2. The number of rotatable bonds is 6. The van der Waals surface area contributed by atoms with Gasteiger partial charge in [0.15, 0.2) is 0 Å². The third kappa shape index (κ3) is 5.86. The first kappa shape index (κ1) is 22.4. The zero-order valence-electron chi connectivity index (χ0n) is 17.6. The maximum absolute atomic E-state index is 14.1. The number of anilines is 1. The van der Waals surface area contributed by atoms with Gasteiger partial charge in [-0.3, -0.25) is 9.59 Å². The predicted molar refractivity (Wildman–Crippen MR) is 119 cm³/mol. The van der Waals surface area contributed by atoms with E-state index in [4.69, 9.17) is 9.47 Å². The Balaban J connectivity index is 1.69. The molecular weight excluding hydrogens is 411 g/mol. The van der Waals surface area contributed by atoms with Crippen LogP contribution in [0, 0.1) is 17.7 Å². The Bertz CT molecular complexity index is 1180. The van der Waals surface area contributed by atoms with Crippen molar-refractivity contribution in [3.05, 3.63) is 89.2 Å². The van der Waals surface area contributed by atoms with Crippen molar-refractivity contribution in [3.8, 4) is 23.3 Å². The van der Waals surface area contributed by atoms with Crippen molar-refractivity contribution in [2.24, 2.45) is 0 Å². The molecule has 2 amide bonds. The average molecular weight is 432 g/mol. The lowest BCUT2D eigenvalue weighted by Crippen LogP contribution is -2.24. The van der Waals surface area contributed by atoms with Gasteiger partial charge in [0.1, 0.15) is 17.3 Å². The van der Waals surface area contributed by atoms with Crippen molar-refractivity contribution < 1.29 is 23.5 Å². The van der Waals surface area contributed by atoms with Gasteiger partial charge in [-0.05, 0) is 42.5 Å². The normalized spacial score (nSPS) is 9.84. The fraction of sp³-hybridized carbons (Fsp3) is 0.120. The van der Waals surface area contributed by atoms with Crippen molar-refractivity contribution in [1.29, 1.82) is 0 Å². The molecule has 0 aliphatic heterocycles. The molecule has 32 heavy (non-hydrogen) atoms. The summed E-state index contributed by atoms with van der Waals surface area (Å²) in [6.07, 6.45) is 0. The number of amides is 2. The zero-order valence-corrected chi connectivity index (χ0v) is 17.6. The second-order valence-electron chi connectivity index (χ2n) is 6.63. The highest BCUT2D eigenvalue weighted by Gasteiger charge is 2.14. The van der Waals surface area contributed by atoms with E-state index in [-0.39, 0.29) is 12.1 Å². The van der Waals surface area contributed by atoms with Crippen LogP contribution in [-0.2, 0) is 11.3 Å². The summed E-state index contributed by atoms with van der Waals surface area (Å²) >= 11 is 0. The first-order chi connectivity index (χ1) is 15.5. The molecule has 0 spiro atoms. The standard InChI is InChI=1S/C25H21FN2O4/c1-31-20-10-11-21(22(26)15-20)25(30)27-16-18-14-19(9-12-23(18)32-2)28-24(29)13-8-17-6-4-3-5-7-17/h3-7,9-12,14-15H,16H2,1-2H3,(H,27,30)(H,28,29). The first-order valence-electron chi connectivity index (χ1n) is 9.67. The van der Waals surface area contributed by atoms with Crippen LogP contribution in [0.4, 0.5) is 10.1 Å². The van der Waals surface area contributed by atoms with Crippen LogP contribution in [0.1, 0.15) is 21.5 Å². The predicted octanol–water partition coefficient (Wildman–Crippen LogP) is 3.76. The molecule has 3 aromatic rings. The summed E-state index contributed by atoms with van der Waals surface area (Å²) < 4.78 is 24.4. The summed E-state index contributed by atoms with van der Waals surface area (Å²) in [4.78, 5) is 24.6. The van der Waals surface area contributed by atoms with Gasteiger partial charge in [-0.2, -0.15) is 0 Å². The maximum Gasteiger partial charge on any atom is 0.300 e. The SMILES string of the molecule is COc1ccc(C(=O)NCc2cc(NC(=O)C#Cc3ccccc3)ccc2OC)c(F)c1. The molecule has 0 unspecified atom stereocenters. The molecule has 0 saturated carbocycles. The number of halogens is 1. The van der Waals surface area contributed by atoms with Gasteiger partial charge in [0.25, 0.3) is 5.91 Å². The van der Waals surface area contributed by atoms with Gasteiger partial charge in [0.05, 0.1) is 19.8 Å². The maximum atomic E-state index is 14.1. The molecule has 0 heterocycles. The molecule has 0 saturated heterocycles. The molecule has 0 bridgehead atoms. The summed E-state index contributed by atoms with van der Waals surface area (Å²) in [7, 11) is 2.91. The van der Waals surface area contributed by atoms with E-state index in [1.54, 1.807) is 30.3 Å². The van der Waals surface area contributed by atoms with Crippen molar-refractivity contribution in [2.45, 2.75) is 6.54 Å². The number of ether oxygens (including phenoxy) is 2. The van der Waals surface area contributed by atoms with Crippen molar-refractivity contribution in [1.82, 2.24) is 5.32 Å². The highest BCUT2D eigenvalue weighted by atomic mass is 19.1. The van der Waals surface area contributed by atoms with E-state index >= 15 is 0 Å². The Kier molecular flexibility index (Phi) is 7.44. The van der Waals surface area contributed by atoms with Crippen LogP contribution >= 0.6 is 0 Å². The number of carbonyl (C=O) groups is 2. The van der Waals surface area contributed by atoms with E-state index < -0.39 is 17.6 Å². The number of carbonyl (C=O) groups excluding carboxylic acids is 2. The zero-order chi connectivity index (χ0) is 22.9. The summed E-state index contributed by atoms with van der Waals surface area (Å²) in [6.45, 7) is 0.0624.